The van der Waals surface area contributed by atoms with E-state index in [9.17, 15) is 0 Å². The molecule has 2 heterocycles. The van der Waals surface area contributed by atoms with Crippen LogP contribution >= 0.6 is 23.1 Å². The van der Waals surface area contributed by atoms with Gasteiger partial charge in [-0.25, -0.2) is 4.98 Å². The molecule has 0 aromatic carbocycles. The first-order valence-electron chi connectivity index (χ1n) is 7.21. The Balaban J connectivity index is 1.80. The average Bonchev–Trinajstić information content (AvgIpc) is 2.89. The third-order valence-corrected chi connectivity index (χ3v) is 5.63. The summed E-state index contributed by atoms with van der Waals surface area (Å²) in [7, 11) is 1.87. The first-order chi connectivity index (χ1) is 9.72. The van der Waals surface area contributed by atoms with Gasteiger partial charge in [0.05, 0.1) is 10.7 Å². The molecule has 1 N–H and O–H groups in total. The number of hydrogen-bond donors (Lipinski definition) is 1. The van der Waals surface area contributed by atoms with Crippen molar-refractivity contribution in [1.29, 1.82) is 0 Å². The van der Waals surface area contributed by atoms with Gasteiger partial charge in [0.2, 0.25) is 0 Å². The molecular weight excluding hydrogens is 288 g/mol. The lowest BCUT2D eigenvalue weighted by Crippen LogP contribution is -2.48. The standard InChI is InChI=1S/C14H24N4S2/c1-4-13-9-18(7-8-19-13)14(15-3)16-6-5-12-10-20-11(2)17-12/h10,13H,4-9H2,1-3H3,(H,15,16). The van der Waals surface area contributed by atoms with Crippen molar-refractivity contribution in [2.24, 2.45) is 4.99 Å². The summed E-state index contributed by atoms with van der Waals surface area (Å²) < 4.78 is 0. The predicted octanol–water partition coefficient (Wildman–Crippen LogP) is 2.40. The molecule has 1 atom stereocenters. The predicted molar refractivity (Wildman–Crippen MR) is 90.0 cm³/mol. The highest BCUT2D eigenvalue weighted by molar-refractivity contribution is 8.00. The SMILES string of the molecule is CCC1CN(C(=NC)NCCc2csc(C)n2)CCS1. The zero-order chi connectivity index (χ0) is 14.4. The van der Waals surface area contributed by atoms with Crippen LogP contribution in [0.15, 0.2) is 10.4 Å². The van der Waals surface area contributed by atoms with Gasteiger partial charge in [0.15, 0.2) is 5.96 Å². The second-order valence-electron chi connectivity index (χ2n) is 4.93. The minimum absolute atomic E-state index is 0.739. The molecule has 0 aliphatic carbocycles. The summed E-state index contributed by atoms with van der Waals surface area (Å²) in [6.45, 7) is 7.42. The van der Waals surface area contributed by atoms with E-state index in [-0.39, 0.29) is 0 Å². The normalized spacial score (nSPS) is 20.2. The number of hydrogen-bond acceptors (Lipinski definition) is 4. The van der Waals surface area contributed by atoms with Crippen molar-refractivity contribution in [3.8, 4) is 0 Å². The van der Waals surface area contributed by atoms with Crippen molar-refractivity contribution in [3.63, 3.8) is 0 Å². The van der Waals surface area contributed by atoms with E-state index in [0.29, 0.717) is 0 Å². The molecule has 1 unspecified atom stereocenters. The lowest BCUT2D eigenvalue weighted by Gasteiger charge is -2.34. The number of thiazole rings is 1. The van der Waals surface area contributed by atoms with Crippen molar-refractivity contribution in [2.75, 3.05) is 32.4 Å². The van der Waals surface area contributed by atoms with Gasteiger partial charge in [-0.15, -0.1) is 11.3 Å². The van der Waals surface area contributed by atoms with E-state index in [1.807, 2.05) is 7.05 Å². The van der Waals surface area contributed by atoms with Gasteiger partial charge in [-0.1, -0.05) is 6.92 Å². The number of aromatic nitrogens is 1. The van der Waals surface area contributed by atoms with Gasteiger partial charge in [0.25, 0.3) is 0 Å². The van der Waals surface area contributed by atoms with Crippen molar-refractivity contribution < 1.29 is 0 Å². The van der Waals surface area contributed by atoms with Crippen LogP contribution in [0.1, 0.15) is 24.0 Å². The van der Waals surface area contributed by atoms with Gasteiger partial charge in [-0.3, -0.25) is 4.99 Å². The molecule has 4 nitrogen and oxygen atoms in total. The Morgan fingerprint density at radius 2 is 2.45 bits per heavy atom. The summed E-state index contributed by atoms with van der Waals surface area (Å²) in [4.78, 5) is 11.3. The first-order valence-corrected chi connectivity index (χ1v) is 9.14. The van der Waals surface area contributed by atoms with Crippen molar-refractivity contribution >= 4 is 29.1 Å². The minimum Gasteiger partial charge on any atom is -0.356 e. The highest BCUT2D eigenvalue weighted by atomic mass is 32.2. The monoisotopic (exact) mass is 312 g/mol. The third kappa shape index (κ3) is 4.38. The van der Waals surface area contributed by atoms with Gasteiger partial charge in [-0.2, -0.15) is 11.8 Å². The van der Waals surface area contributed by atoms with E-state index >= 15 is 0 Å². The number of nitrogens with zero attached hydrogens (tertiary/aromatic N) is 3. The van der Waals surface area contributed by atoms with E-state index < -0.39 is 0 Å². The molecule has 0 amide bonds. The zero-order valence-electron chi connectivity index (χ0n) is 12.6. The Labute approximate surface area is 130 Å². The number of aryl methyl sites for hydroxylation is 1. The van der Waals surface area contributed by atoms with Crippen LogP contribution in [-0.2, 0) is 6.42 Å². The Kier molecular flexibility index (Phi) is 6.16. The zero-order valence-corrected chi connectivity index (χ0v) is 14.2. The van der Waals surface area contributed by atoms with Gasteiger partial charge in [0, 0.05) is 49.5 Å². The Bertz CT molecular complexity index is 444. The lowest BCUT2D eigenvalue weighted by atomic mass is 10.3. The van der Waals surface area contributed by atoms with E-state index in [1.54, 1.807) is 11.3 Å². The molecular formula is C14H24N4S2. The number of nitrogens with one attached hydrogen (secondary N) is 1. The van der Waals surface area contributed by atoms with Crippen LogP contribution in [-0.4, -0.2) is 53.5 Å². The second-order valence-corrected chi connectivity index (χ2v) is 7.40. The Morgan fingerprint density at radius 3 is 3.10 bits per heavy atom. The number of rotatable bonds is 4. The summed E-state index contributed by atoms with van der Waals surface area (Å²) in [5.41, 5.74) is 1.18. The molecule has 6 heteroatoms. The van der Waals surface area contributed by atoms with E-state index in [2.05, 4.69) is 51.2 Å². The fraction of sp³-hybridized carbons (Fsp3) is 0.714. The largest absolute Gasteiger partial charge is 0.356 e. The highest BCUT2D eigenvalue weighted by Crippen LogP contribution is 2.20. The van der Waals surface area contributed by atoms with Crippen LogP contribution in [0, 0.1) is 6.92 Å². The van der Waals surface area contributed by atoms with Crippen LogP contribution in [0.3, 0.4) is 0 Å². The van der Waals surface area contributed by atoms with Crippen LogP contribution in [0.2, 0.25) is 0 Å². The molecule has 0 spiro atoms. The maximum Gasteiger partial charge on any atom is 0.193 e. The molecule has 1 saturated heterocycles. The summed E-state index contributed by atoms with van der Waals surface area (Å²) >= 11 is 3.80. The average molecular weight is 313 g/mol. The van der Waals surface area contributed by atoms with Crippen LogP contribution in [0.25, 0.3) is 0 Å². The number of thioether (sulfide) groups is 1. The number of aliphatic imine (C=N–C) groups is 1. The Morgan fingerprint density at radius 1 is 1.60 bits per heavy atom. The Hall–Kier alpha value is -0.750. The fourth-order valence-corrected chi connectivity index (χ4v) is 4.14. The summed E-state index contributed by atoms with van der Waals surface area (Å²) in [6, 6.07) is 0. The molecule has 0 bridgehead atoms. The van der Waals surface area contributed by atoms with Gasteiger partial charge in [0.1, 0.15) is 0 Å². The molecule has 0 radical (unpaired) electrons. The highest BCUT2D eigenvalue weighted by Gasteiger charge is 2.21. The third-order valence-electron chi connectivity index (χ3n) is 3.44. The topological polar surface area (TPSA) is 40.5 Å². The lowest BCUT2D eigenvalue weighted by molar-refractivity contribution is 0.408. The molecule has 1 aromatic heterocycles. The molecule has 1 aliphatic rings. The summed E-state index contributed by atoms with van der Waals surface area (Å²) in [5, 5.41) is 7.50. The molecule has 1 aliphatic heterocycles. The van der Waals surface area contributed by atoms with Crippen LogP contribution < -0.4 is 5.32 Å². The molecule has 20 heavy (non-hydrogen) atoms. The minimum atomic E-state index is 0.739. The molecule has 1 fully saturated rings. The second kappa shape index (κ2) is 7.88. The summed E-state index contributed by atoms with van der Waals surface area (Å²) in [5.74, 6) is 2.24. The van der Waals surface area contributed by atoms with Gasteiger partial charge in [-0.05, 0) is 13.3 Å². The molecule has 2 rings (SSSR count). The molecule has 1 aromatic rings. The summed E-state index contributed by atoms with van der Waals surface area (Å²) in [6.07, 6.45) is 2.19. The van der Waals surface area contributed by atoms with Crippen LogP contribution in [0.5, 0.6) is 0 Å². The van der Waals surface area contributed by atoms with Crippen molar-refractivity contribution in [3.05, 3.63) is 16.1 Å². The molecule has 0 saturated carbocycles. The van der Waals surface area contributed by atoms with Crippen molar-refractivity contribution in [2.45, 2.75) is 31.9 Å². The smallest absolute Gasteiger partial charge is 0.193 e. The van der Waals surface area contributed by atoms with Gasteiger partial charge < -0.3 is 10.2 Å². The van der Waals surface area contributed by atoms with E-state index in [4.69, 9.17) is 0 Å². The quantitative estimate of drug-likeness (QED) is 0.685. The van der Waals surface area contributed by atoms with E-state index in [1.165, 1.54) is 17.9 Å². The fourth-order valence-electron chi connectivity index (χ4n) is 2.32. The van der Waals surface area contributed by atoms with Gasteiger partial charge >= 0.3 is 0 Å². The van der Waals surface area contributed by atoms with Crippen molar-refractivity contribution in [1.82, 2.24) is 15.2 Å². The van der Waals surface area contributed by atoms with Crippen LogP contribution in [0.4, 0.5) is 0 Å². The van der Waals surface area contributed by atoms with E-state index in [0.717, 1.165) is 42.3 Å². The molecule has 112 valence electrons. The number of guanidine groups is 1. The maximum absolute atomic E-state index is 4.49. The maximum atomic E-state index is 4.49. The first kappa shape index (κ1) is 15.6.